The number of halogens is 1. The molecule has 1 amide bonds. The van der Waals surface area contributed by atoms with Gasteiger partial charge in [-0.05, 0) is 36.4 Å². The van der Waals surface area contributed by atoms with Gasteiger partial charge in [-0.2, -0.15) is 0 Å². The zero-order chi connectivity index (χ0) is 22.1. The summed E-state index contributed by atoms with van der Waals surface area (Å²) in [6.07, 6.45) is 1.57. The summed E-state index contributed by atoms with van der Waals surface area (Å²) in [7, 11) is 4.65. The van der Waals surface area contributed by atoms with Crippen molar-refractivity contribution in [1.82, 2.24) is 9.47 Å². The van der Waals surface area contributed by atoms with Crippen molar-refractivity contribution >= 4 is 22.4 Å². The summed E-state index contributed by atoms with van der Waals surface area (Å²) >= 11 is 0. The smallest absolute Gasteiger partial charge is 0.258 e. The van der Waals surface area contributed by atoms with Gasteiger partial charge >= 0.3 is 0 Å². The standard InChI is InChI=1S/C23H24FN3O4/c1-25-14-19(17-12-20(30-2)21(31-3)13-18(17)22(25)28)23(29)27-10-8-26(9-11-27)16-6-4-15(24)5-7-16/h4-7,12-14H,8-11H2,1-3H3. The largest absolute Gasteiger partial charge is 0.493 e. The maximum Gasteiger partial charge on any atom is 0.258 e. The second-order valence-corrected chi connectivity index (χ2v) is 7.47. The molecule has 0 atom stereocenters. The van der Waals surface area contributed by atoms with Crippen LogP contribution < -0.4 is 19.9 Å². The number of carbonyl (C=O) groups is 1. The van der Waals surface area contributed by atoms with Crippen LogP contribution in [0.15, 0.2) is 47.4 Å². The molecule has 0 unspecified atom stereocenters. The first-order chi connectivity index (χ1) is 14.9. The van der Waals surface area contributed by atoms with Crippen molar-refractivity contribution in [3.05, 3.63) is 64.3 Å². The number of methoxy groups -OCH3 is 2. The van der Waals surface area contributed by atoms with Gasteiger partial charge in [-0.15, -0.1) is 0 Å². The average molecular weight is 425 g/mol. The quantitative estimate of drug-likeness (QED) is 0.643. The number of nitrogens with zero attached hydrogens (tertiary/aromatic N) is 3. The minimum atomic E-state index is -0.272. The lowest BCUT2D eigenvalue weighted by atomic mass is 10.0. The molecule has 2 heterocycles. The fourth-order valence-electron chi connectivity index (χ4n) is 3.95. The molecule has 1 aromatic heterocycles. The van der Waals surface area contributed by atoms with Gasteiger partial charge in [-0.25, -0.2) is 4.39 Å². The highest BCUT2D eigenvalue weighted by molar-refractivity contribution is 6.07. The van der Waals surface area contributed by atoms with E-state index in [-0.39, 0.29) is 17.3 Å². The molecule has 1 aliphatic heterocycles. The highest BCUT2D eigenvalue weighted by Gasteiger charge is 2.25. The lowest BCUT2D eigenvalue weighted by Gasteiger charge is -2.36. The topological polar surface area (TPSA) is 64.0 Å². The van der Waals surface area contributed by atoms with E-state index in [1.54, 1.807) is 42.4 Å². The Morgan fingerprint density at radius 3 is 2.10 bits per heavy atom. The summed E-state index contributed by atoms with van der Waals surface area (Å²) < 4.78 is 25.3. The van der Waals surface area contributed by atoms with Crippen LogP contribution in [0.5, 0.6) is 11.5 Å². The molecule has 0 radical (unpaired) electrons. The number of aromatic nitrogens is 1. The fraction of sp³-hybridized carbons (Fsp3) is 0.304. The molecule has 0 aliphatic carbocycles. The first-order valence-corrected chi connectivity index (χ1v) is 9.98. The van der Waals surface area contributed by atoms with Gasteiger partial charge in [0.15, 0.2) is 11.5 Å². The van der Waals surface area contributed by atoms with Gasteiger partial charge in [-0.1, -0.05) is 0 Å². The molecule has 2 aromatic carbocycles. The Morgan fingerprint density at radius 2 is 1.52 bits per heavy atom. The summed E-state index contributed by atoms with van der Waals surface area (Å²) in [4.78, 5) is 30.0. The molecular weight excluding hydrogens is 401 g/mol. The maximum atomic E-state index is 13.4. The van der Waals surface area contributed by atoms with E-state index < -0.39 is 0 Å². The maximum absolute atomic E-state index is 13.4. The third-order valence-electron chi connectivity index (χ3n) is 5.68. The van der Waals surface area contributed by atoms with Crippen LogP contribution in [-0.4, -0.2) is 55.8 Å². The van der Waals surface area contributed by atoms with E-state index >= 15 is 0 Å². The Bertz CT molecular complexity index is 1180. The van der Waals surface area contributed by atoms with Gasteiger partial charge in [0.2, 0.25) is 0 Å². The van der Waals surface area contributed by atoms with Crippen molar-refractivity contribution in [3.8, 4) is 11.5 Å². The third kappa shape index (κ3) is 3.81. The summed E-state index contributed by atoms with van der Waals surface area (Å²) in [6.45, 7) is 2.32. The summed E-state index contributed by atoms with van der Waals surface area (Å²) in [5.41, 5.74) is 1.15. The Labute approximate surface area is 179 Å². The van der Waals surface area contributed by atoms with E-state index in [1.807, 2.05) is 0 Å². The van der Waals surface area contributed by atoms with Crippen molar-refractivity contribution in [2.24, 2.45) is 7.05 Å². The average Bonchev–Trinajstić information content (AvgIpc) is 2.80. The first kappa shape index (κ1) is 20.7. The van der Waals surface area contributed by atoms with Crippen LogP contribution >= 0.6 is 0 Å². The Hall–Kier alpha value is -3.55. The van der Waals surface area contributed by atoms with Crippen molar-refractivity contribution in [2.75, 3.05) is 45.3 Å². The zero-order valence-electron chi connectivity index (χ0n) is 17.7. The second kappa shape index (κ2) is 8.29. The van der Waals surface area contributed by atoms with Crippen LogP contribution in [0.25, 0.3) is 10.8 Å². The van der Waals surface area contributed by atoms with E-state index in [0.717, 1.165) is 5.69 Å². The monoisotopic (exact) mass is 425 g/mol. The van der Waals surface area contributed by atoms with Crippen LogP contribution in [0.1, 0.15) is 10.4 Å². The number of fused-ring (bicyclic) bond motifs is 1. The van der Waals surface area contributed by atoms with E-state index in [4.69, 9.17) is 9.47 Å². The number of benzene rings is 2. The van der Waals surface area contributed by atoms with Crippen LogP contribution in [0.4, 0.5) is 10.1 Å². The number of aryl methyl sites for hydroxylation is 1. The number of carbonyl (C=O) groups excluding carboxylic acids is 1. The molecule has 1 saturated heterocycles. The van der Waals surface area contributed by atoms with E-state index in [2.05, 4.69) is 4.90 Å². The SMILES string of the molecule is COc1cc2c(C(=O)N3CCN(c4ccc(F)cc4)CC3)cn(C)c(=O)c2cc1OC. The van der Waals surface area contributed by atoms with Gasteiger partial charge in [0, 0.05) is 50.5 Å². The molecule has 0 spiro atoms. The van der Waals surface area contributed by atoms with Crippen molar-refractivity contribution in [3.63, 3.8) is 0 Å². The van der Waals surface area contributed by atoms with E-state index in [9.17, 15) is 14.0 Å². The Kier molecular flexibility index (Phi) is 5.54. The molecule has 3 aromatic rings. The lowest BCUT2D eigenvalue weighted by molar-refractivity contribution is 0.0748. The Balaban J connectivity index is 1.64. The zero-order valence-corrected chi connectivity index (χ0v) is 17.7. The van der Waals surface area contributed by atoms with Crippen molar-refractivity contribution in [1.29, 1.82) is 0 Å². The van der Waals surface area contributed by atoms with E-state index in [1.165, 1.54) is 30.9 Å². The van der Waals surface area contributed by atoms with Crippen LogP contribution in [0.2, 0.25) is 0 Å². The minimum Gasteiger partial charge on any atom is -0.493 e. The summed E-state index contributed by atoms with van der Waals surface area (Å²) in [6, 6.07) is 9.65. The third-order valence-corrected chi connectivity index (χ3v) is 5.68. The number of rotatable bonds is 4. The molecular formula is C23H24FN3O4. The highest BCUT2D eigenvalue weighted by Crippen LogP contribution is 2.32. The number of pyridine rings is 1. The van der Waals surface area contributed by atoms with Gasteiger partial charge in [0.25, 0.3) is 11.5 Å². The number of piperazine rings is 1. The summed E-state index contributed by atoms with van der Waals surface area (Å²) in [5.74, 6) is 0.473. The van der Waals surface area contributed by atoms with E-state index in [0.29, 0.717) is 54.0 Å². The molecule has 1 fully saturated rings. The normalized spacial score (nSPS) is 14.1. The molecule has 1 aliphatic rings. The van der Waals surface area contributed by atoms with Gasteiger partial charge in [0.05, 0.1) is 25.2 Å². The first-order valence-electron chi connectivity index (χ1n) is 9.98. The number of hydrogen-bond donors (Lipinski definition) is 0. The number of amides is 1. The minimum absolute atomic E-state index is 0.147. The van der Waals surface area contributed by atoms with Crippen molar-refractivity contribution in [2.45, 2.75) is 0 Å². The lowest BCUT2D eigenvalue weighted by Crippen LogP contribution is -2.49. The number of ether oxygens (including phenoxy) is 2. The van der Waals surface area contributed by atoms with Crippen LogP contribution in [0, 0.1) is 5.82 Å². The molecule has 162 valence electrons. The molecule has 31 heavy (non-hydrogen) atoms. The summed E-state index contributed by atoms with van der Waals surface area (Å²) in [5, 5.41) is 0.933. The van der Waals surface area contributed by atoms with Crippen LogP contribution in [0.3, 0.4) is 0 Å². The molecule has 0 N–H and O–H groups in total. The number of anilines is 1. The molecule has 8 heteroatoms. The molecule has 7 nitrogen and oxygen atoms in total. The Morgan fingerprint density at radius 1 is 0.935 bits per heavy atom. The predicted molar refractivity (Wildman–Crippen MR) is 117 cm³/mol. The number of hydrogen-bond acceptors (Lipinski definition) is 5. The second-order valence-electron chi connectivity index (χ2n) is 7.47. The van der Waals surface area contributed by atoms with Gasteiger partial charge in [-0.3, -0.25) is 9.59 Å². The molecule has 4 rings (SSSR count). The molecule has 0 saturated carbocycles. The van der Waals surface area contributed by atoms with Gasteiger partial charge < -0.3 is 23.8 Å². The molecule has 0 bridgehead atoms. The van der Waals surface area contributed by atoms with Gasteiger partial charge in [0.1, 0.15) is 5.82 Å². The fourth-order valence-corrected chi connectivity index (χ4v) is 3.95. The van der Waals surface area contributed by atoms with Crippen molar-refractivity contribution < 1.29 is 18.7 Å². The van der Waals surface area contributed by atoms with Crippen LogP contribution in [-0.2, 0) is 7.05 Å². The predicted octanol–water partition coefficient (Wildman–Crippen LogP) is 2.66. The highest BCUT2D eigenvalue weighted by atomic mass is 19.1.